The second-order valence-electron chi connectivity index (χ2n) is 4.20. The van der Waals surface area contributed by atoms with Crippen molar-refractivity contribution in [3.63, 3.8) is 0 Å². The van der Waals surface area contributed by atoms with Crippen molar-refractivity contribution in [2.75, 3.05) is 26.2 Å². The molecule has 1 aromatic carbocycles. The summed E-state index contributed by atoms with van der Waals surface area (Å²) in [6.45, 7) is 6.41. The van der Waals surface area contributed by atoms with E-state index in [1.165, 1.54) is 11.3 Å². The van der Waals surface area contributed by atoms with Crippen LogP contribution < -0.4 is 14.4 Å². The zero-order chi connectivity index (χ0) is 12.3. The van der Waals surface area contributed by atoms with Crippen molar-refractivity contribution in [3.05, 3.63) is 17.7 Å². The summed E-state index contributed by atoms with van der Waals surface area (Å²) in [5.74, 6) is 1.55. The van der Waals surface area contributed by atoms with Gasteiger partial charge in [0.25, 0.3) is 0 Å². The molecule has 0 bridgehead atoms. The first-order valence-electron chi connectivity index (χ1n) is 5.46. The zero-order valence-corrected chi connectivity index (χ0v) is 11.0. The summed E-state index contributed by atoms with van der Waals surface area (Å²) in [7, 11) is 5.40. The molecular weight excluding hydrogens is 202 g/mol. The lowest BCUT2D eigenvalue weighted by Gasteiger charge is -2.26. The fraction of sp³-hybridized carbons (Fsp3) is 0.538. The molecule has 1 rings (SSSR count). The monoisotopic (exact) mass is 223 g/mol. The smallest absolute Gasteiger partial charge is 0.162 e. The molecule has 0 atom stereocenters. The third kappa shape index (κ3) is 2.40. The SMILES string of the molecule is COc1cc(C)c(N(C)C(C)C)cc1OC. The first-order chi connectivity index (χ1) is 7.51. The van der Waals surface area contributed by atoms with Gasteiger partial charge in [0.05, 0.1) is 14.2 Å². The highest BCUT2D eigenvalue weighted by Crippen LogP contribution is 2.34. The van der Waals surface area contributed by atoms with Crippen molar-refractivity contribution in [1.82, 2.24) is 0 Å². The van der Waals surface area contributed by atoms with Gasteiger partial charge in [-0.1, -0.05) is 0 Å². The molecule has 0 aliphatic heterocycles. The number of benzene rings is 1. The fourth-order valence-electron chi connectivity index (χ4n) is 1.63. The maximum atomic E-state index is 5.31. The van der Waals surface area contributed by atoms with Crippen LogP contribution in [0.3, 0.4) is 0 Å². The molecule has 0 heterocycles. The van der Waals surface area contributed by atoms with E-state index in [-0.39, 0.29) is 0 Å². The quantitative estimate of drug-likeness (QED) is 0.783. The number of nitrogens with zero attached hydrogens (tertiary/aromatic N) is 1. The molecule has 0 aromatic heterocycles. The molecule has 0 fully saturated rings. The Balaban J connectivity index is 3.21. The number of methoxy groups -OCH3 is 2. The number of hydrogen-bond acceptors (Lipinski definition) is 3. The Morgan fingerprint density at radius 3 is 2.00 bits per heavy atom. The van der Waals surface area contributed by atoms with Crippen molar-refractivity contribution >= 4 is 5.69 Å². The maximum Gasteiger partial charge on any atom is 0.162 e. The Morgan fingerprint density at radius 2 is 1.56 bits per heavy atom. The molecular formula is C13H21NO2. The minimum absolute atomic E-state index is 0.455. The molecule has 0 saturated heterocycles. The Labute approximate surface area is 98.0 Å². The Hall–Kier alpha value is -1.38. The average molecular weight is 223 g/mol. The highest BCUT2D eigenvalue weighted by molar-refractivity contribution is 5.61. The van der Waals surface area contributed by atoms with Gasteiger partial charge in [-0.15, -0.1) is 0 Å². The summed E-state index contributed by atoms with van der Waals surface area (Å²) >= 11 is 0. The first kappa shape index (κ1) is 12.7. The van der Waals surface area contributed by atoms with Crippen molar-refractivity contribution in [3.8, 4) is 11.5 Å². The molecule has 0 saturated carbocycles. The van der Waals surface area contributed by atoms with Crippen LogP contribution in [0.5, 0.6) is 11.5 Å². The number of rotatable bonds is 4. The van der Waals surface area contributed by atoms with Gasteiger partial charge in [-0.05, 0) is 32.4 Å². The van der Waals surface area contributed by atoms with Crippen LogP contribution in [0.2, 0.25) is 0 Å². The highest BCUT2D eigenvalue weighted by atomic mass is 16.5. The van der Waals surface area contributed by atoms with Crippen LogP contribution in [0, 0.1) is 6.92 Å². The van der Waals surface area contributed by atoms with E-state index in [2.05, 4.69) is 32.7 Å². The number of aryl methyl sites for hydroxylation is 1. The molecule has 3 heteroatoms. The van der Waals surface area contributed by atoms with Gasteiger partial charge < -0.3 is 14.4 Å². The second-order valence-corrected chi connectivity index (χ2v) is 4.20. The lowest BCUT2D eigenvalue weighted by Crippen LogP contribution is -2.26. The van der Waals surface area contributed by atoms with Gasteiger partial charge in [0, 0.05) is 24.8 Å². The molecule has 0 aliphatic carbocycles. The van der Waals surface area contributed by atoms with Crippen molar-refractivity contribution in [1.29, 1.82) is 0 Å². The van der Waals surface area contributed by atoms with Crippen LogP contribution in [-0.2, 0) is 0 Å². The van der Waals surface area contributed by atoms with Gasteiger partial charge >= 0.3 is 0 Å². The van der Waals surface area contributed by atoms with E-state index < -0.39 is 0 Å². The number of anilines is 1. The van der Waals surface area contributed by atoms with Gasteiger partial charge in [-0.2, -0.15) is 0 Å². The maximum absolute atomic E-state index is 5.31. The van der Waals surface area contributed by atoms with Crippen molar-refractivity contribution in [2.24, 2.45) is 0 Å². The summed E-state index contributed by atoms with van der Waals surface area (Å²) < 4.78 is 10.6. The van der Waals surface area contributed by atoms with E-state index in [1.807, 2.05) is 12.1 Å². The molecule has 3 nitrogen and oxygen atoms in total. The lowest BCUT2D eigenvalue weighted by atomic mass is 10.1. The Morgan fingerprint density at radius 1 is 1.06 bits per heavy atom. The van der Waals surface area contributed by atoms with Gasteiger partial charge in [0.1, 0.15) is 0 Å². The number of ether oxygens (including phenoxy) is 2. The van der Waals surface area contributed by atoms with E-state index in [1.54, 1.807) is 14.2 Å². The van der Waals surface area contributed by atoms with E-state index in [0.717, 1.165) is 11.5 Å². The molecule has 0 spiro atoms. The molecule has 0 radical (unpaired) electrons. The summed E-state index contributed by atoms with van der Waals surface area (Å²) in [4.78, 5) is 2.22. The molecule has 90 valence electrons. The molecule has 0 amide bonds. The van der Waals surface area contributed by atoms with E-state index in [0.29, 0.717) is 6.04 Å². The predicted octanol–water partition coefficient (Wildman–Crippen LogP) is 2.86. The third-order valence-corrected chi connectivity index (χ3v) is 2.86. The molecule has 16 heavy (non-hydrogen) atoms. The largest absolute Gasteiger partial charge is 0.493 e. The summed E-state index contributed by atoms with van der Waals surface area (Å²) in [5, 5.41) is 0. The lowest BCUT2D eigenvalue weighted by molar-refractivity contribution is 0.354. The summed E-state index contributed by atoms with van der Waals surface area (Å²) in [6, 6.07) is 4.48. The minimum Gasteiger partial charge on any atom is -0.493 e. The van der Waals surface area contributed by atoms with Crippen LogP contribution >= 0.6 is 0 Å². The second kappa shape index (κ2) is 5.10. The highest BCUT2D eigenvalue weighted by Gasteiger charge is 2.13. The average Bonchev–Trinajstić information content (AvgIpc) is 2.27. The van der Waals surface area contributed by atoms with Gasteiger partial charge in [0.2, 0.25) is 0 Å². The Bertz CT molecular complexity index is 361. The summed E-state index contributed by atoms with van der Waals surface area (Å²) in [6.07, 6.45) is 0. The minimum atomic E-state index is 0.455. The molecule has 0 N–H and O–H groups in total. The molecule has 1 aromatic rings. The standard InChI is InChI=1S/C13H21NO2/c1-9(2)14(4)11-8-13(16-6)12(15-5)7-10(11)3/h7-9H,1-6H3. The topological polar surface area (TPSA) is 21.7 Å². The van der Waals surface area contributed by atoms with E-state index >= 15 is 0 Å². The first-order valence-corrected chi connectivity index (χ1v) is 5.46. The van der Waals surface area contributed by atoms with E-state index in [9.17, 15) is 0 Å². The summed E-state index contributed by atoms with van der Waals surface area (Å²) in [5.41, 5.74) is 2.36. The molecule has 0 unspecified atom stereocenters. The van der Waals surface area contributed by atoms with Crippen LogP contribution in [0.4, 0.5) is 5.69 Å². The van der Waals surface area contributed by atoms with Crippen molar-refractivity contribution < 1.29 is 9.47 Å². The predicted molar refractivity (Wildman–Crippen MR) is 67.8 cm³/mol. The fourth-order valence-corrected chi connectivity index (χ4v) is 1.63. The van der Waals surface area contributed by atoms with E-state index in [4.69, 9.17) is 9.47 Å². The van der Waals surface area contributed by atoms with Crippen molar-refractivity contribution in [2.45, 2.75) is 26.8 Å². The zero-order valence-electron chi connectivity index (χ0n) is 11.0. The Kier molecular flexibility index (Phi) is 4.05. The van der Waals surface area contributed by atoms with Crippen LogP contribution in [0.1, 0.15) is 19.4 Å². The van der Waals surface area contributed by atoms with Gasteiger partial charge in [-0.25, -0.2) is 0 Å². The molecule has 0 aliphatic rings. The van der Waals surface area contributed by atoms with Crippen LogP contribution in [0.15, 0.2) is 12.1 Å². The van der Waals surface area contributed by atoms with Crippen LogP contribution in [0.25, 0.3) is 0 Å². The number of hydrogen-bond donors (Lipinski definition) is 0. The van der Waals surface area contributed by atoms with Gasteiger partial charge in [-0.3, -0.25) is 0 Å². The normalized spacial score (nSPS) is 10.4. The van der Waals surface area contributed by atoms with Crippen LogP contribution in [-0.4, -0.2) is 27.3 Å². The third-order valence-electron chi connectivity index (χ3n) is 2.86. The van der Waals surface area contributed by atoms with Gasteiger partial charge in [0.15, 0.2) is 11.5 Å².